The molecule has 1 unspecified atom stereocenters. The Labute approximate surface area is 132 Å². The van der Waals surface area contributed by atoms with Crippen molar-refractivity contribution in [3.8, 4) is 17.6 Å². The minimum absolute atomic E-state index is 0.107. The zero-order valence-electron chi connectivity index (χ0n) is 12.6. The van der Waals surface area contributed by atoms with E-state index in [-0.39, 0.29) is 6.10 Å². The van der Waals surface area contributed by atoms with Gasteiger partial charge in [0.25, 0.3) is 0 Å². The van der Waals surface area contributed by atoms with Crippen molar-refractivity contribution in [2.75, 3.05) is 32.2 Å². The van der Waals surface area contributed by atoms with Crippen LogP contribution in [0, 0.1) is 11.8 Å². The van der Waals surface area contributed by atoms with Crippen LogP contribution in [0.5, 0.6) is 5.75 Å². The number of ether oxygens (including phenoxy) is 2. The Morgan fingerprint density at radius 1 is 1.43 bits per heavy atom. The number of hydrogen-bond donors (Lipinski definition) is 0. The molecule has 0 aliphatic carbocycles. The molecule has 0 radical (unpaired) electrons. The maximum Gasteiger partial charge on any atom is 0.135 e. The van der Waals surface area contributed by atoms with Crippen molar-refractivity contribution in [3.05, 3.63) is 29.8 Å². The molecule has 2 rings (SSSR count). The molecule has 1 atom stereocenters. The SMILES string of the molecule is CC(C)N1CCOC(COc2ccccc2C#CCCl)C1. The zero-order valence-corrected chi connectivity index (χ0v) is 13.4. The highest BCUT2D eigenvalue weighted by Gasteiger charge is 2.22. The summed E-state index contributed by atoms with van der Waals surface area (Å²) in [5.74, 6) is 7.00. The van der Waals surface area contributed by atoms with E-state index in [9.17, 15) is 0 Å². The molecule has 0 spiro atoms. The lowest BCUT2D eigenvalue weighted by molar-refractivity contribution is -0.0564. The van der Waals surface area contributed by atoms with E-state index in [1.807, 2.05) is 24.3 Å². The van der Waals surface area contributed by atoms with Gasteiger partial charge in [-0.3, -0.25) is 4.90 Å². The van der Waals surface area contributed by atoms with Gasteiger partial charge in [-0.25, -0.2) is 0 Å². The summed E-state index contributed by atoms with van der Waals surface area (Å²) in [6.07, 6.45) is 0.107. The Morgan fingerprint density at radius 2 is 2.24 bits per heavy atom. The topological polar surface area (TPSA) is 21.7 Å². The average Bonchev–Trinajstić information content (AvgIpc) is 2.52. The van der Waals surface area contributed by atoms with Crippen LogP contribution < -0.4 is 4.74 Å². The maximum atomic E-state index is 5.90. The van der Waals surface area contributed by atoms with Gasteiger partial charge in [-0.2, -0.15) is 0 Å². The normalized spacial score (nSPS) is 19.1. The number of alkyl halides is 1. The van der Waals surface area contributed by atoms with Gasteiger partial charge >= 0.3 is 0 Å². The largest absolute Gasteiger partial charge is 0.490 e. The number of para-hydroxylation sites is 1. The van der Waals surface area contributed by atoms with Crippen molar-refractivity contribution >= 4 is 11.6 Å². The molecule has 4 heteroatoms. The summed E-state index contributed by atoms with van der Waals surface area (Å²) in [4.78, 5) is 2.41. The number of rotatable bonds is 4. The van der Waals surface area contributed by atoms with E-state index < -0.39 is 0 Å². The highest BCUT2D eigenvalue weighted by molar-refractivity contribution is 6.19. The van der Waals surface area contributed by atoms with Gasteiger partial charge in [0, 0.05) is 19.1 Å². The number of benzene rings is 1. The van der Waals surface area contributed by atoms with Gasteiger partial charge in [-0.15, -0.1) is 11.6 Å². The lowest BCUT2D eigenvalue weighted by Gasteiger charge is -2.35. The van der Waals surface area contributed by atoms with Crippen molar-refractivity contribution in [2.45, 2.75) is 26.0 Å². The molecule has 0 saturated carbocycles. The van der Waals surface area contributed by atoms with Crippen LogP contribution in [0.15, 0.2) is 24.3 Å². The summed E-state index contributed by atoms with van der Waals surface area (Å²) < 4.78 is 11.7. The third kappa shape index (κ3) is 4.93. The van der Waals surface area contributed by atoms with Crippen molar-refractivity contribution in [3.63, 3.8) is 0 Å². The maximum absolute atomic E-state index is 5.90. The zero-order chi connectivity index (χ0) is 15.1. The molecule has 0 amide bonds. The number of nitrogens with zero attached hydrogens (tertiary/aromatic N) is 1. The molecule has 1 aromatic carbocycles. The predicted octanol–water partition coefficient (Wildman–Crippen LogP) is 2.76. The standard InChI is InChI=1S/C17H22ClNO2/c1-14(2)19-10-11-20-16(12-19)13-21-17-8-4-3-6-15(17)7-5-9-18/h3-4,6,8,14,16H,9-13H2,1-2H3. The monoisotopic (exact) mass is 307 g/mol. The van der Waals surface area contributed by atoms with Crippen molar-refractivity contribution in [2.24, 2.45) is 0 Å². The van der Waals surface area contributed by atoms with E-state index in [0.717, 1.165) is 31.0 Å². The molecule has 1 heterocycles. The third-order valence-electron chi connectivity index (χ3n) is 3.50. The van der Waals surface area contributed by atoms with Gasteiger partial charge in [0.05, 0.1) is 18.1 Å². The molecule has 0 aromatic heterocycles. The molecule has 21 heavy (non-hydrogen) atoms. The lowest BCUT2D eigenvalue weighted by atomic mass is 10.2. The minimum atomic E-state index is 0.107. The summed E-state index contributed by atoms with van der Waals surface area (Å²) in [5, 5.41) is 0. The molecule has 1 saturated heterocycles. The molecule has 114 valence electrons. The Hall–Kier alpha value is -1.21. The smallest absolute Gasteiger partial charge is 0.135 e. The fourth-order valence-electron chi connectivity index (χ4n) is 2.32. The second-order valence-corrected chi connectivity index (χ2v) is 5.59. The van der Waals surface area contributed by atoms with Crippen LogP contribution in [0.2, 0.25) is 0 Å². The number of hydrogen-bond acceptors (Lipinski definition) is 3. The Bertz CT molecular complexity index is 507. The van der Waals surface area contributed by atoms with Gasteiger partial charge in [-0.05, 0) is 26.0 Å². The summed E-state index contributed by atoms with van der Waals surface area (Å²) in [6.45, 7) is 7.63. The van der Waals surface area contributed by atoms with Gasteiger partial charge in [0.2, 0.25) is 0 Å². The van der Waals surface area contributed by atoms with Crippen LogP contribution >= 0.6 is 11.6 Å². The molecule has 3 nitrogen and oxygen atoms in total. The average molecular weight is 308 g/mol. The highest BCUT2D eigenvalue weighted by Crippen LogP contribution is 2.18. The minimum Gasteiger partial charge on any atom is -0.490 e. The summed E-state index contributed by atoms with van der Waals surface area (Å²) in [5.41, 5.74) is 0.870. The summed E-state index contributed by atoms with van der Waals surface area (Å²) in [7, 11) is 0. The first-order valence-corrected chi connectivity index (χ1v) is 7.86. The first-order chi connectivity index (χ1) is 10.2. The fourth-order valence-corrected chi connectivity index (χ4v) is 2.39. The van der Waals surface area contributed by atoms with E-state index in [0.29, 0.717) is 18.5 Å². The van der Waals surface area contributed by atoms with Crippen LogP contribution in [0.25, 0.3) is 0 Å². The van der Waals surface area contributed by atoms with Crippen LogP contribution in [-0.4, -0.2) is 49.2 Å². The molecule has 1 aliphatic rings. The molecular weight excluding hydrogens is 286 g/mol. The first kappa shape index (κ1) is 16.2. The Kier molecular flexibility index (Phi) is 6.38. The lowest BCUT2D eigenvalue weighted by Crippen LogP contribution is -2.47. The van der Waals surface area contributed by atoms with Gasteiger partial charge in [-0.1, -0.05) is 24.0 Å². The number of halogens is 1. The molecule has 1 aromatic rings. The second-order valence-electron chi connectivity index (χ2n) is 5.32. The Morgan fingerprint density at radius 3 is 3.00 bits per heavy atom. The highest BCUT2D eigenvalue weighted by atomic mass is 35.5. The van der Waals surface area contributed by atoms with Crippen LogP contribution in [0.1, 0.15) is 19.4 Å². The molecular formula is C17H22ClNO2. The van der Waals surface area contributed by atoms with Gasteiger partial charge in [0.1, 0.15) is 18.5 Å². The summed E-state index contributed by atoms with van der Waals surface area (Å²) in [6, 6.07) is 8.31. The predicted molar refractivity (Wildman–Crippen MR) is 86.0 cm³/mol. The molecule has 0 bridgehead atoms. The van der Waals surface area contributed by atoms with Crippen molar-refractivity contribution < 1.29 is 9.47 Å². The van der Waals surface area contributed by atoms with Crippen molar-refractivity contribution in [1.82, 2.24) is 4.90 Å². The molecule has 1 fully saturated rings. The van der Waals surface area contributed by atoms with Gasteiger partial charge in [0.15, 0.2) is 0 Å². The van der Waals surface area contributed by atoms with E-state index in [1.165, 1.54) is 0 Å². The first-order valence-electron chi connectivity index (χ1n) is 7.33. The van der Waals surface area contributed by atoms with Crippen LogP contribution in [0.3, 0.4) is 0 Å². The van der Waals surface area contributed by atoms with Gasteiger partial charge < -0.3 is 9.47 Å². The quantitative estimate of drug-likeness (QED) is 0.631. The summed E-state index contributed by atoms with van der Waals surface area (Å²) >= 11 is 5.61. The van der Waals surface area contributed by atoms with E-state index in [4.69, 9.17) is 21.1 Å². The van der Waals surface area contributed by atoms with Crippen LogP contribution in [0.4, 0.5) is 0 Å². The van der Waals surface area contributed by atoms with E-state index >= 15 is 0 Å². The van der Waals surface area contributed by atoms with E-state index in [1.54, 1.807) is 0 Å². The van der Waals surface area contributed by atoms with E-state index in [2.05, 4.69) is 30.6 Å². The Balaban J connectivity index is 1.94. The van der Waals surface area contributed by atoms with Crippen molar-refractivity contribution in [1.29, 1.82) is 0 Å². The van der Waals surface area contributed by atoms with Crippen LogP contribution in [-0.2, 0) is 4.74 Å². The third-order valence-corrected chi connectivity index (χ3v) is 3.64. The fraction of sp³-hybridized carbons (Fsp3) is 0.529. The second kappa shape index (κ2) is 8.29. The molecule has 0 N–H and O–H groups in total. The molecule has 1 aliphatic heterocycles. The number of morpholine rings is 1.